The lowest BCUT2D eigenvalue weighted by atomic mass is 9.86. The molecule has 1 heterocycles. The molecule has 3 N–H and O–H groups in total. The van der Waals surface area contributed by atoms with Crippen molar-refractivity contribution < 1.29 is 9.72 Å². The Morgan fingerprint density at radius 1 is 1.07 bits per heavy atom. The molecular weight excluding hydrogens is 380 g/mol. The van der Waals surface area contributed by atoms with Crippen molar-refractivity contribution in [2.75, 3.05) is 11.1 Å². The monoisotopic (exact) mass is 404 g/mol. The van der Waals surface area contributed by atoms with Crippen molar-refractivity contribution in [2.24, 2.45) is 0 Å². The summed E-state index contributed by atoms with van der Waals surface area (Å²) in [6.07, 6.45) is 1.43. The smallest absolute Gasteiger partial charge is 0.318 e. The summed E-state index contributed by atoms with van der Waals surface area (Å²) in [6, 6.07) is 14.3. The van der Waals surface area contributed by atoms with Crippen LogP contribution in [0.3, 0.4) is 0 Å². The average molecular weight is 404 g/mol. The predicted octanol–water partition coefficient (Wildman–Crippen LogP) is 5.10. The van der Waals surface area contributed by atoms with Gasteiger partial charge in [-0.15, -0.1) is 0 Å². The molecular formula is C23H24N4O3. The summed E-state index contributed by atoms with van der Waals surface area (Å²) in [6.45, 7) is 8.14. The topological polar surface area (TPSA) is 111 Å². The molecule has 0 saturated carbocycles. The van der Waals surface area contributed by atoms with Crippen molar-refractivity contribution in [3.63, 3.8) is 0 Å². The van der Waals surface area contributed by atoms with Gasteiger partial charge in [0.15, 0.2) is 0 Å². The van der Waals surface area contributed by atoms with Crippen LogP contribution in [-0.2, 0) is 5.41 Å². The Morgan fingerprint density at radius 2 is 1.73 bits per heavy atom. The van der Waals surface area contributed by atoms with Gasteiger partial charge in [0, 0.05) is 17.4 Å². The molecule has 0 saturated heterocycles. The van der Waals surface area contributed by atoms with E-state index in [4.69, 9.17) is 5.73 Å². The molecule has 154 valence electrons. The Kier molecular flexibility index (Phi) is 5.56. The number of nitro groups is 1. The van der Waals surface area contributed by atoms with Crippen LogP contribution in [0, 0.1) is 17.0 Å². The second-order valence-corrected chi connectivity index (χ2v) is 8.11. The number of carbonyl (C=O) groups is 1. The van der Waals surface area contributed by atoms with E-state index in [0.717, 1.165) is 5.56 Å². The minimum Gasteiger partial charge on any atom is -0.378 e. The summed E-state index contributed by atoms with van der Waals surface area (Å²) in [4.78, 5) is 27.5. The lowest BCUT2D eigenvalue weighted by Gasteiger charge is -2.19. The third-order valence-corrected chi connectivity index (χ3v) is 5.02. The van der Waals surface area contributed by atoms with E-state index in [1.54, 1.807) is 43.3 Å². The van der Waals surface area contributed by atoms with E-state index < -0.39 is 4.92 Å². The van der Waals surface area contributed by atoms with E-state index in [1.807, 2.05) is 12.1 Å². The molecule has 0 aliphatic carbocycles. The number of amides is 1. The van der Waals surface area contributed by atoms with Crippen molar-refractivity contribution >= 4 is 23.1 Å². The molecule has 30 heavy (non-hydrogen) atoms. The number of nitrogens with two attached hydrogens (primary N) is 1. The fourth-order valence-electron chi connectivity index (χ4n) is 3.26. The zero-order chi connectivity index (χ0) is 22.1. The lowest BCUT2D eigenvalue weighted by Crippen LogP contribution is -2.15. The number of rotatable bonds is 4. The van der Waals surface area contributed by atoms with Crippen LogP contribution >= 0.6 is 0 Å². The summed E-state index contributed by atoms with van der Waals surface area (Å²) >= 11 is 0. The van der Waals surface area contributed by atoms with E-state index in [2.05, 4.69) is 31.1 Å². The van der Waals surface area contributed by atoms with E-state index in [1.165, 1.54) is 6.20 Å². The second kappa shape index (κ2) is 7.94. The predicted molar refractivity (Wildman–Crippen MR) is 119 cm³/mol. The van der Waals surface area contributed by atoms with Crippen LogP contribution in [-0.4, -0.2) is 15.8 Å². The summed E-state index contributed by atoms with van der Waals surface area (Å²) in [7, 11) is 0. The van der Waals surface area contributed by atoms with Gasteiger partial charge in [-0.25, -0.2) is 4.98 Å². The first kappa shape index (κ1) is 21.0. The highest BCUT2D eigenvalue weighted by Crippen LogP contribution is 2.37. The summed E-state index contributed by atoms with van der Waals surface area (Å²) < 4.78 is 0. The van der Waals surface area contributed by atoms with E-state index in [9.17, 15) is 14.9 Å². The van der Waals surface area contributed by atoms with Gasteiger partial charge in [0.25, 0.3) is 5.91 Å². The summed E-state index contributed by atoms with van der Waals surface area (Å²) in [5.74, 6) is -0.398. The molecule has 0 spiro atoms. The number of hydrogen-bond acceptors (Lipinski definition) is 5. The molecule has 1 aromatic heterocycles. The second-order valence-electron chi connectivity index (χ2n) is 8.11. The van der Waals surface area contributed by atoms with Crippen molar-refractivity contribution in [3.05, 3.63) is 81.5 Å². The standard InChI is InChI=1S/C23H24N4O3/c1-14-17(18-12-13-25-21(24)20(18)27(29)30)6-5-7-19(14)26-22(28)15-8-10-16(11-9-15)23(2,3)4/h5-13H,1-4H3,(H2,24,25)(H,26,28). The Balaban J connectivity index is 1.94. The SMILES string of the molecule is Cc1c(NC(=O)c2ccc(C(C)(C)C)cc2)cccc1-c1ccnc(N)c1[N+](=O)[O-]. The number of anilines is 2. The number of nitrogen functional groups attached to an aromatic ring is 1. The first-order chi connectivity index (χ1) is 14.1. The maximum atomic E-state index is 12.8. The van der Waals surface area contributed by atoms with E-state index in [0.29, 0.717) is 27.9 Å². The Morgan fingerprint density at radius 3 is 2.33 bits per heavy atom. The number of hydrogen-bond donors (Lipinski definition) is 2. The highest BCUT2D eigenvalue weighted by Gasteiger charge is 2.22. The maximum Gasteiger partial charge on any atom is 0.318 e. The van der Waals surface area contributed by atoms with Crippen LogP contribution in [0.5, 0.6) is 0 Å². The molecule has 3 aromatic rings. The van der Waals surface area contributed by atoms with Gasteiger partial charge in [-0.1, -0.05) is 45.0 Å². The molecule has 1 amide bonds. The maximum absolute atomic E-state index is 12.8. The van der Waals surface area contributed by atoms with Gasteiger partial charge >= 0.3 is 5.69 Å². The zero-order valence-electron chi connectivity index (χ0n) is 17.4. The minimum absolute atomic E-state index is 0.00102. The van der Waals surface area contributed by atoms with Crippen molar-refractivity contribution in [1.82, 2.24) is 4.98 Å². The van der Waals surface area contributed by atoms with E-state index >= 15 is 0 Å². The van der Waals surface area contributed by atoms with Crippen LogP contribution < -0.4 is 11.1 Å². The highest BCUT2D eigenvalue weighted by molar-refractivity contribution is 6.05. The van der Waals surface area contributed by atoms with Gasteiger partial charge in [0.1, 0.15) is 0 Å². The highest BCUT2D eigenvalue weighted by atomic mass is 16.6. The largest absolute Gasteiger partial charge is 0.378 e. The molecule has 0 aliphatic rings. The Bertz CT molecular complexity index is 1120. The normalized spacial score (nSPS) is 11.2. The number of nitrogens with zero attached hydrogens (tertiary/aromatic N) is 2. The van der Waals surface area contributed by atoms with Crippen LogP contribution in [0.4, 0.5) is 17.2 Å². The fraction of sp³-hybridized carbons (Fsp3) is 0.217. The van der Waals surface area contributed by atoms with Crippen molar-refractivity contribution in [2.45, 2.75) is 33.1 Å². The van der Waals surface area contributed by atoms with Gasteiger partial charge in [0.2, 0.25) is 5.82 Å². The molecule has 0 unspecified atom stereocenters. The molecule has 0 bridgehead atoms. The lowest BCUT2D eigenvalue weighted by molar-refractivity contribution is -0.383. The molecule has 2 aromatic carbocycles. The minimum atomic E-state index is -0.543. The third kappa shape index (κ3) is 4.15. The molecule has 0 fully saturated rings. The van der Waals surface area contributed by atoms with Gasteiger partial charge in [-0.3, -0.25) is 14.9 Å². The summed E-state index contributed by atoms with van der Waals surface area (Å²) in [5.41, 5.74) is 9.39. The third-order valence-electron chi connectivity index (χ3n) is 5.02. The number of nitrogens with one attached hydrogen (secondary N) is 1. The Labute approximate surface area is 175 Å². The van der Waals surface area contributed by atoms with Gasteiger partial charge < -0.3 is 11.1 Å². The van der Waals surface area contributed by atoms with Gasteiger partial charge in [0.05, 0.1) is 10.5 Å². The number of carbonyl (C=O) groups excluding carboxylic acids is 1. The first-order valence-electron chi connectivity index (χ1n) is 9.50. The average Bonchev–Trinajstić information content (AvgIpc) is 2.68. The molecule has 7 nitrogen and oxygen atoms in total. The van der Waals surface area contributed by atoms with Crippen LogP contribution in [0.2, 0.25) is 0 Å². The van der Waals surface area contributed by atoms with E-state index in [-0.39, 0.29) is 22.8 Å². The number of aromatic nitrogens is 1. The quantitative estimate of drug-likeness (QED) is 0.464. The van der Waals surface area contributed by atoms with Gasteiger partial charge in [-0.05, 0) is 53.3 Å². The molecule has 7 heteroatoms. The molecule has 3 rings (SSSR count). The van der Waals surface area contributed by atoms with Crippen LogP contribution in [0.25, 0.3) is 11.1 Å². The molecule has 0 atom stereocenters. The fourth-order valence-corrected chi connectivity index (χ4v) is 3.26. The van der Waals surface area contributed by atoms with Crippen molar-refractivity contribution in [1.29, 1.82) is 0 Å². The summed E-state index contributed by atoms with van der Waals surface area (Å²) in [5, 5.41) is 14.4. The number of pyridine rings is 1. The molecule has 0 aliphatic heterocycles. The Hall–Kier alpha value is -3.74. The molecule has 0 radical (unpaired) electrons. The number of benzene rings is 2. The van der Waals surface area contributed by atoms with Crippen molar-refractivity contribution in [3.8, 4) is 11.1 Å². The zero-order valence-corrected chi connectivity index (χ0v) is 17.4. The van der Waals surface area contributed by atoms with Crippen LogP contribution in [0.15, 0.2) is 54.7 Å². The van der Waals surface area contributed by atoms with Gasteiger partial charge in [-0.2, -0.15) is 0 Å². The van der Waals surface area contributed by atoms with Crippen LogP contribution in [0.1, 0.15) is 42.3 Å². The first-order valence-corrected chi connectivity index (χ1v) is 9.50.